The van der Waals surface area contributed by atoms with Crippen LogP contribution in [0.2, 0.25) is 0 Å². The minimum absolute atomic E-state index is 0.434. The lowest BCUT2D eigenvalue weighted by molar-refractivity contribution is -0.144. The zero-order chi connectivity index (χ0) is 10.6. The third-order valence-electron chi connectivity index (χ3n) is 2.41. The van der Waals surface area contributed by atoms with Crippen LogP contribution in [-0.2, 0) is 4.79 Å². The molecule has 1 fully saturated rings. The number of carbonyl (C=O) groups is 1. The summed E-state index contributed by atoms with van der Waals surface area (Å²) in [5.41, 5.74) is 0. The van der Waals surface area contributed by atoms with Gasteiger partial charge in [-0.3, -0.25) is 9.69 Å². The van der Waals surface area contributed by atoms with Gasteiger partial charge in [0.1, 0.15) is 0 Å². The summed E-state index contributed by atoms with van der Waals surface area (Å²) in [7, 11) is 0. The van der Waals surface area contributed by atoms with Gasteiger partial charge in [-0.25, -0.2) is 0 Å². The predicted octanol–water partition coefficient (Wildman–Crippen LogP) is 0.806. The van der Waals surface area contributed by atoms with E-state index in [0.29, 0.717) is 26.2 Å². The first-order chi connectivity index (χ1) is 6.65. The second-order valence-electron chi connectivity index (χ2n) is 3.47. The molecule has 1 amide bonds. The summed E-state index contributed by atoms with van der Waals surface area (Å²) in [6, 6.07) is 0. The molecule has 3 nitrogen and oxygen atoms in total. The second kappa shape index (κ2) is 5.24. The van der Waals surface area contributed by atoms with Crippen LogP contribution in [0.4, 0.5) is 8.78 Å². The van der Waals surface area contributed by atoms with Gasteiger partial charge in [-0.05, 0) is 13.0 Å². The fraction of sp³-hybridized carbons (Fsp3) is 0.889. The third kappa shape index (κ3) is 2.90. The van der Waals surface area contributed by atoms with Crippen molar-refractivity contribution in [3.63, 3.8) is 0 Å². The van der Waals surface area contributed by atoms with E-state index in [1.54, 1.807) is 0 Å². The summed E-state index contributed by atoms with van der Waals surface area (Å²) >= 11 is 0. The van der Waals surface area contributed by atoms with E-state index in [2.05, 4.69) is 11.8 Å². The first-order valence-electron chi connectivity index (χ1n) is 4.94. The van der Waals surface area contributed by atoms with Crippen molar-refractivity contribution in [2.45, 2.75) is 19.8 Å². The highest BCUT2D eigenvalue weighted by atomic mass is 19.3. The number of piperazine rings is 1. The van der Waals surface area contributed by atoms with Crippen molar-refractivity contribution >= 4 is 5.91 Å². The molecule has 1 aliphatic rings. The molecule has 0 spiro atoms. The average Bonchev–Trinajstić information content (AvgIpc) is 2.18. The number of hydrogen-bond acceptors (Lipinski definition) is 2. The van der Waals surface area contributed by atoms with Gasteiger partial charge in [0.25, 0.3) is 5.91 Å². The van der Waals surface area contributed by atoms with Crippen LogP contribution in [0.1, 0.15) is 13.3 Å². The normalized spacial score (nSPS) is 19.0. The number of alkyl halides is 2. The first-order valence-corrected chi connectivity index (χ1v) is 4.94. The first kappa shape index (κ1) is 11.4. The van der Waals surface area contributed by atoms with E-state index in [0.717, 1.165) is 13.0 Å². The lowest BCUT2D eigenvalue weighted by atomic mass is 10.3. The molecule has 5 heteroatoms. The molecule has 0 saturated carbocycles. The molecule has 0 radical (unpaired) electrons. The largest absolute Gasteiger partial charge is 0.335 e. The van der Waals surface area contributed by atoms with Crippen LogP contribution in [0.15, 0.2) is 0 Å². The molecule has 0 bridgehead atoms. The summed E-state index contributed by atoms with van der Waals surface area (Å²) in [6.45, 7) is 5.36. The molecule has 0 aliphatic carbocycles. The Bertz CT molecular complexity index is 191. The summed E-state index contributed by atoms with van der Waals surface area (Å²) in [4.78, 5) is 14.4. The molecular weight excluding hydrogens is 190 g/mol. The molecule has 1 heterocycles. The van der Waals surface area contributed by atoms with Gasteiger partial charge in [0, 0.05) is 26.2 Å². The summed E-state index contributed by atoms with van der Waals surface area (Å²) in [6.07, 6.45) is -1.80. The van der Waals surface area contributed by atoms with Crippen LogP contribution >= 0.6 is 0 Å². The standard InChI is InChI=1S/C9H16F2N2O/c1-2-3-12-4-6-13(7-5-12)9(14)8(10)11/h8H,2-7H2,1H3. The molecule has 1 saturated heterocycles. The highest BCUT2D eigenvalue weighted by Gasteiger charge is 2.26. The SMILES string of the molecule is CCCN1CCN(C(=O)C(F)F)CC1. The molecule has 82 valence electrons. The van der Waals surface area contributed by atoms with Gasteiger partial charge in [-0.15, -0.1) is 0 Å². The van der Waals surface area contributed by atoms with Crippen molar-refractivity contribution in [3.8, 4) is 0 Å². The monoisotopic (exact) mass is 206 g/mol. The predicted molar refractivity (Wildman–Crippen MR) is 49.3 cm³/mol. The van der Waals surface area contributed by atoms with Gasteiger partial charge >= 0.3 is 6.43 Å². The van der Waals surface area contributed by atoms with Crippen molar-refractivity contribution in [2.24, 2.45) is 0 Å². The van der Waals surface area contributed by atoms with E-state index >= 15 is 0 Å². The molecule has 14 heavy (non-hydrogen) atoms. The van der Waals surface area contributed by atoms with Crippen LogP contribution in [0.25, 0.3) is 0 Å². The third-order valence-corrected chi connectivity index (χ3v) is 2.41. The lowest BCUT2D eigenvalue weighted by Crippen LogP contribution is -2.50. The maximum absolute atomic E-state index is 12.1. The number of nitrogens with zero attached hydrogens (tertiary/aromatic N) is 2. The van der Waals surface area contributed by atoms with Crippen molar-refractivity contribution in [2.75, 3.05) is 32.7 Å². The maximum atomic E-state index is 12.1. The van der Waals surface area contributed by atoms with Gasteiger partial charge in [0.2, 0.25) is 0 Å². The highest BCUT2D eigenvalue weighted by Crippen LogP contribution is 2.06. The topological polar surface area (TPSA) is 23.6 Å². The maximum Gasteiger partial charge on any atom is 0.315 e. The van der Waals surface area contributed by atoms with E-state index < -0.39 is 12.3 Å². The van der Waals surface area contributed by atoms with Crippen molar-refractivity contribution in [3.05, 3.63) is 0 Å². The number of carbonyl (C=O) groups excluding carboxylic acids is 1. The van der Waals surface area contributed by atoms with Crippen LogP contribution in [0.3, 0.4) is 0 Å². The summed E-state index contributed by atoms with van der Waals surface area (Å²) in [5, 5.41) is 0. The fourth-order valence-electron chi connectivity index (χ4n) is 1.65. The van der Waals surface area contributed by atoms with Crippen LogP contribution in [0, 0.1) is 0 Å². The Balaban J connectivity index is 2.32. The molecular formula is C9H16F2N2O. The van der Waals surface area contributed by atoms with E-state index in [1.807, 2.05) is 0 Å². The Kier molecular flexibility index (Phi) is 4.25. The fourth-order valence-corrected chi connectivity index (χ4v) is 1.65. The Morgan fingerprint density at radius 1 is 1.29 bits per heavy atom. The molecule has 0 N–H and O–H groups in total. The van der Waals surface area contributed by atoms with E-state index in [-0.39, 0.29) is 0 Å². The van der Waals surface area contributed by atoms with Crippen LogP contribution < -0.4 is 0 Å². The Morgan fingerprint density at radius 2 is 1.86 bits per heavy atom. The van der Waals surface area contributed by atoms with Gasteiger partial charge in [0.15, 0.2) is 0 Å². The minimum atomic E-state index is -2.85. The molecule has 0 atom stereocenters. The molecule has 0 aromatic heterocycles. The zero-order valence-corrected chi connectivity index (χ0v) is 8.38. The average molecular weight is 206 g/mol. The Morgan fingerprint density at radius 3 is 2.29 bits per heavy atom. The van der Waals surface area contributed by atoms with Crippen molar-refractivity contribution in [1.29, 1.82) is 0 Å². The molecule has 0 aromatic carbocycles. The zero-order valence-electron chi connectivity index (χ0n) is 8.38. The summed E-state index contributed by atoms with van der Waals surface area (Å²) in [5.74, 6) is -1.03. The molecule has 1 rings (SSSR count). The highest BCUT2D eigenvalue weighted by molar-refractivity contribution is 5.79. The second-order valence-corrected chi connectivity index (χ2v) is 3.47. The quantitative estimate of drug-likeness (QED) is 0.682. The number of amides is 1. The molecule has 0 unspecified atom stereocenters. The number of halogens is 2. The van der Waals surface area contributed by atoms with Gasteiger partial charge in [0.05, 0.1) is 0 Å². The van der Waals surface area contributed by atoms with Crippen molar-refractivity contribution in [1.82, 2.24) is 9.80 Å². The number of rotatable bonds is 3. The van der Waals surface area contributed by atoms with E-state index in [4.69, 9.17) is 0 Å². The smallest absolute Gasteiger partial charge is 0.315 e. The number of hydrogen-bond donors (Lipinski definition) is 0. The van der Waals surface area contributed by atoms with Gasteiger partial charge < -0.3 is 4.90 Å². The van der Waals surface area contributed by atoms with E-state index in [1.165, 1.54) is 4.90 Å². The van der Waals surface area contributed by atoms with Crippen molar-refractivity contribution < 1.29 is 13.6 Å². The minimum Gasteiger partial charge on any atom is -0.335 e. The molecule has 0 aromatic rings. The van der Waals surface area contributed by atoms with Crippen LogP contribution in [-0.4, -0.2) is 54.9 Å². The van der Waals surface area contributed by atoms with Crippen LogP contribution in [0.5, 0.6) is 0 Å². The Labute approximate surface area is 82.7 Å². The van der Waals surface area contributed by atoms with Gasteiger partial charge in [-0.2, -0.15) is 8.78 Å². The molecule has 1 aliphatic heterocycles. The lowest BCUT2D eigenvalue weighted by Gasteiger charge is -2.34. The van der Waals surface area contributed by atoms with Gasteiger partial charge in [-0.1, -0.05) is 6.92 Å². The van der Waals surface area contributed by atoms with E-state index in [9.17, 15) is 13.6 Å². The summed E-state index contributed by atoms with van der Waals surface area (Å²) < 4.78 is 24.1. The Hall–Kier alpha value is -0.710.